The number of nitrogens with one attached hydrogen (secondary N) is 1. The van der Waals surface area contributed by atoms with Crippen molar-refractivity contribution in [2.45, 2.75) is 31.3 Å². The Morgan fingerprint density at radius 1 is 1.19 bits per heavy atom. The standard InChI is InChI=1S/C20H22ClN5/c1-25-14-5-6-15(25)12-26(8-7-14)19-4-2-3-18(24-19)17-11-23-20-16(17)9-13(21)10-22-20/h2-4,9-11,14-15H,5-8,12H2,1H3,(H,22,23). The smallest absolute Gasteiger partial charge is 0.138 e. The van der Waals surface area contributed by atoms with Crippen molar-refractivity contribution in [3.05, 3.63) is 41.7 Å². The first-order valence-electron chi connectivity index (χ1n) is 9.26. The highest BCUT2D eigenvalue weighted by molar-refractivity contribution is 6.31. The second-order valence-corrected chi connectivity index (χ2v) is 7.85. The molecule has 0 aromatic carbocycles. The fourth-order valence-corrected chi connectivity index (χ4v) is 4.61. The van der Waals surface area contributed by atoms with Crippen LogP contribution in [0, 0.1) is 0 Å². The summed E-state index contributed by atoms with van der Waals surface area (Å²) < 4.78 is 0. The first-order chi connectivity index (χ1) is 12.7. The Labute approximate surface area is 158 Å². The van der Waals surface area contributed by atoms with E-state index in [-0.39, 0.29) is 0 Å². The van der Waals surface area contributed by atoms with E-state index in [4.69, 9.17) is 16.6 Å². The summed E-state index contributed by atoms with van der Waals surface area (Å²) in [4.78, 5) is 17.6. The van der Waals surface area contributed by atoms with Crippen molar-refractivity contribution < 1.29 is 0 Å². The van der Waals surface area contributed by atoms with E-state index in [1.807, 2.05) is 12.3 Å². The van der Waals surface area contributed by atoms with Gasteiger partial charge in [0.25, 0.3) is 0 Å². The topological polar surface area (TPSA) is 48.0 Å². The SMILES string of the molecule is CN1C2CCC1CN(c1cccc(-c3c[nH]c4ncc(Cl)cc34)n1)CC2. The van der Waals surface area contributed by atoms with Crippen molar-refractivity contribution >= 4 is 28.5 Å². The summed E-state index contributed by atoms with van der Waals surface area (Å²) in [6.07, 6.45) is 7.48. The lowest BCUT2D eigenvalue weighted by Gasteiger charge is -2.27. The third-order valence-corrected chi connectivity index (χ3v) is 6.19. The summed E-state index contributed by atoms with van der Waals surface area (Å²) in [6, 6.07) is 9.61. The Bertz CT molecular complexity index is 952. The number of halogens is 1. The van der Waals surface area contributed by atoms with Crippen LogP contribution in [0.2, 0.25) is 5.02 Å². The van der Waals surface area contributed by atoms with Gasteiger partial charge in [-0.1, -0.05) is 17.7 Å². The van der Waals surface area contributed by atoms with Crippen LogP contribution in [-0.4, -0.2) is 52.1 Å². The van der Waals surface area contributed by atoms with Gasteiger partial charge in [0.05, 0.1) is 10.7 Å². The van der Waals surface area contributed by atoms with Crippen LogP contribution in [0.5, 0.6) is 0 Å². The Balaban J connectivity index is 1.50. The zero-order valence-corrected chi connectivity index (χ0v) is 15.6. The zero-order chi connectivity index (χ0) is 17.7. The van der Waals surface area contributed by atoms with E-state index in [0.717, 1.165) is 47.2 Å². The Morgan fingerprint density at radius 2 is 2.08 bits per heavy atom. The Kier molecular flexibility index (Phi) is 3.87. The fraction of sp³-hybridized carbons (Fsp3) is 0.400. The molecule has 0 aliphatic carbocycles. The van der Waals surface area contributed by atoms with E-state index in [9.17, 15) is 0 Å². The maximum Gasteiger partial charge on any atom is 0.138 e. The summed E-state index contributed by atoms with van der Waals surface area (Å²) in [7, 11) is 2.28. The van der Waals surface area contributed by atoms with Crippen molar-refractivity contribution in [1.29, 1.82) is 0 Å². The highest BCUT2D eigenvalue weighted by Crippen LogP contribution is 2.32. The van der Waals surface area contributed by atoms with Crippen molar-refractivity contribution in [3.8, 4) is 11.3 Å². The number of rotatable bonds is 2. The molecule has 2 unspecified atom stereocenters. The van der Waals surface area contributed by atoms with Gasteiger partial charge in [0.1, 0.15) is 11.5 Å². The number of aromatic nitrogens is 3. The van der Waals surface area contributed by atoms with Crippen LogP contribution >= 0.6 is 11.6 Å². The number of pyridine rings is 2. The molecule has 6 heteroatoms. The maximum absolute atomic E-state index is 6.15. The molecule has 5 rings (SSSR count). The molecule has 2 fully saturated rings. The predicted molar refractivity (Wildman–Crippen MR) is 106 cm³/mol. The molecule has 2 saturated heterocycles. The number of fused-ring (bicyclic) bond motifs is 3. The van der Waals surface area contributed by atoms with Gasteiger partial charge in [-0.05, 0) is 44.5 Å². The summed E-state index contributed by atoms with van der Waals surface area (Å²) in [5, 5.41) is 1.65. The minimum Gasteiger partial charge on any atom is -0.355 e. The van der Waals surface area contributed by atoms with Crippen LogP contribution < -0.4 is 4.90 Å². The number of nitrogens with zero attached hydrogens (tertiary/aromatic N) is 4. The molecule has 5 heterocycles. The van der Waals surface area contributed by atoms with Gasteiger partial charge in [0.15, 0.2) is 0 Å². The third-order valence-electron chi connectivity index (χ3n) is 5.98. The molecule has 26 heavy (non-hydrogen) atoms. The largest absolute Gasteiger partial charge is 0.355 e. The molecule has 0 radical (unpaired) electrons. The number of H-pyrrole nitrogens is 1. The number of hydrogen-bond acceptors (Lipinski definition) is 4. The number of hydrogen-bond donors (Lipinski definition) is 1. The molecule has 3 aromatic rings. The van der Waals surface area contributed by atoms with Gasteiger partial charge in [-0.15, -0.1) is 0 Å². The van der Waals surface area contributed by atoms with Crippen LogP contribution in [0.1, 0.15) is 19.3 Å². The quantitative estimate of drug-likeness (QED) is 0.745. The first kappa shape index (κ1) is 16.1. The van der Waals surface area contributed by atoms with Gasteiger partial charge in [-0.3, -0.25) is 4.90 Å². The zero-order valence-electron chi connectivity index (χ0n) is 14.8. The molecule has 0 spiro atoms. The van der Waals surface area contributed by atoms with Crippen LogP contribution in [0.15, 0.2) is 36.7 Å². The molecular weight excluding hydrogens is 346 g/mol. The lowest BCUT2D eigenvalue weighted by Crippen LogP contribution is -2.36. The number of anilines is 1. The Hall–Kier alpha value is -2.11. The van der Waals surface area contributed by atoms with Gasteiger partial charge in [0.2, 0.25) is 0 Å². The molecule has 1 N–H and O–H groups in total. The molecule has 2 atom stereocenters. The van der Waals surface area contributed by atoms with Crippen molar-refractivity contribution in [2.24, 2.45) is 0 Å². The molecule has 2 aliphatic heterocycles. The maximum atomic E-state index is 6.15. The van der Waals surface area contributed by atoms with Gasteiger partial charge in [-0.25, -0.2) is 9.97 Å². The summed E-state index contributed by atoms with van der Waals surface area (Å²) in [5.74, 6) is 1.06. The van der Waals surface area contributed by atoms with Crippen LogP contribution in [-0.2, 0) is 0 Å². The minimum atomic E-state index is 0.640. The van der Waals surface area contributed by atoms with Crippen molar-refractivity contribution in [3.63, 3.8) is 0 Å². The summed E-state index contributed by atoms with van der Waals surface area (Å²) in [6.45, 7) is 2.13. The fourth-order valence-electron chi connectivity index (χ4n) is 4.46. The van der Waals surface area contributed by atoms with E-state index in [0.29, 0.717) is 11.1 Å². The van der Waals surface area contributed by atoms with E-state index in [2.05, 4.69) is 45.0 Å². The van der Waals surface area contributed by atoms with E-state index in [1.165, 1.54) is 19.3 Å². The molecule has 134 valence electrons. The Morgan fingerprint density at radius 3 is 3.00 bits per heavy atom. The molecule has 3 aromatic heterocycles. The average Bonchev–Trinajstić information content (AvgIpc) is 3.15. The lowest BCUT2D eigenvalue weighted by molar-refractivity contribution is 0.254. The summed E-state index contributed by atoms with van der Waals surface area (Å²) in [5.41, 5.74) is 2.84. The van der Waals surface area contributed by atoms with Crippen molar-refractivity contribution in [2.75, 3.05) is 25.0 Å². The monoisotopic (exact) mass is 367 g/mol. The number of likely N-dealkylation sites (N-methyl/N-ethyl adjacent to an activating group) is 1. The highest BCUT2D eigenvalue weighted by atomic mass is 35.5. The van der Waals surface area contributed by atoms with Crippen LogP contribution in [0.25, 0.3) is 22.3 Å². The highest BCUT2D eigenvalue weighted by Gasteiger charge is 2.34. The van der Waals surface area contributed by atoms with Crippen LogP contribution in [0.4, 0.5) is 5.82 Å². The number of aromatic amines is 1. The third kappa shape index (κ3) is 2.66. The van der Waals surface area contributed by atoms with E-state index < -0.39 is 0 Å². The normalized spacial score (nSPS) is 23.5. The molecule has 0 amide bonds. The molecule has 0 saturated carbocycles. The predicted octanol–water partition coefficient (Wildman–Crippen LogP) is 3.95. The van der Waals surface area contributed by atoms with Gasteiger partial charge >= 0.3 is 0 Å². The lowest BCUT2D eigenvalue weighted by atomic mass is 10.1. The van der Waals surface area contributed by atoms with E-state index >= 15 is 0 Å². The molecular formula is C20H22ClN5. The second-order valence-electron chi connectivity index (χ2n) is 7.42. The molecule has 2 bridgehead atoms. The average molecular weight is 368 g/mol. The molecule has 2 aliphatic rings. The van der Waals surface area contributed by atoms with Gasteiger partial charge < -0.3 is 9.88 Å². The first-order valence-corrected chi connectivity index (χ1v) is 9.64. The molecule has 5 nitrogen and oxygen atoms in total. The van der Waals surface area contributed by atoms with Gasteiger partial charge in [0, 0.05) is 48.5 Å². The van der Waals surface area contributed by atoms with Gasteiger partial charge in [-0.2, -0.15) is 0 Å². The van der Waals surface area contributed by atoms with Crippen LogP contribution in [0.3, 0.4) is 0 Å². The minimum absolute atomic E-state index is 0.640. The van der Waals surface area contributed by atoms with Crippen molar-refractivity contribution in [1.82, 2.24) is 19.9 Å². The second kappa shape index (κ2) is 6.25. The van der Waals surface area contributed by atoms with E-state index in [1.54, 1.807) is 6.20 Å². The summed E-state index contributed by atoms with van der Waals surface area (Å²) >= 11 is 6.15.